The molecule has 192 valence electrons. The van der Waals surface area contributed by atoms with Crippen LogP contribution in [-0.4, -0.2) is 82.4 Å². The summed E-state index contributed by atoms with van der Waals surface area (Å²) in [5.41, 5.74) is 0. The smallest absolute Gasteiger partial charge is 0.407 e. The summed E-state index contributed by atoms with van der Waals surface area (Å²) in [6.07, 6.45) is -0.649. The van der Waals surface area contributed by atoms with E-state index in [1.807, 2.05) is 13.8 Å². The third-order valence-corrected chi connectivity index (χ3v) is 8.03. The number of methoxy groups -OCH3 is 1. The lowest BCUT2D eigenvalue weighted by atomic mass is 10.0. The number of ether oxygens (including phenoxy) is 4. The molecule has 0 bridgehead atoms. The molecule has 2 aliphatic heterocycles. The second-order valence-electron chi connectivity index (χ2n) is 9.27. The molecule has 0 aromatic heterocycles. The van der Waals surface area contributed by atoms with Crippen molar-refractivity contribution in [3.05, 3.63) is 24.3 Å². The lowest BCUT2D eigenvalue weighted by Gasteiger charge is -2.30. The molecule has 2 saturated heterocycles. The van der Waals surface area contributed by atoms with Crippen LogP contribution in [0.1, 0.15) is 27.2 Å². The Morgan fingerprint density at radius 2 is 1.91 bits per heavy atom. The summed E-state index contributed by atoms with van der Waals surface area (Å²) in [5, 5.41) is 12.6. The maximum Gasteiger partial charge on any atom is 0.407 e. The average Bonchev–Trinajstić information content (AvgIpc) is 3.42. The molecule has 1 amide bonds. The molecule has 0 spiro atoms. The number of carbonyl (C=O) groups is 1. The van der Waals surface area contributed by atoms with Gasteiger partial charge < -0.3 is 29.4 Å². The predicted octanol–water partition coefficient (Wildman–Crippen LogP) is 1.83. The number of nitrogens with zero attached hydrogens (tertiary/aromatic N) is 1. The van der Waals surface area contributed by atoms with Crippen LogP contribution in [0, 0.1) is 17.8 Å². The first-order chi connectivity index (χ1) is 16.1. The van der Waals surface area contributed by atoms with Crippen molar-refractivity contribution in [3.8, 4) is 5.75 Å². The predicted molar refractivity (Wildman–Crippen MR) is 124 cm³/mol. The monoisotopic (exact) mass is 500 g/mol. The highest BCUT2D eigenvalue weighted by Gasteiger charge is 2.44. The van der Waals surface area contributed by atoms with E-state index in [-0.39, 0.29) is 48.7 Å². The number of nitrogens with one attached hydrogen (secondary N) is 1. The van der Waals surface area contributed by atoms with E-state index in [1.165, 1.54) is 23.5 Å². The number of amides is 1. The Kier molecular flexibility index (Phi) is 9.16. The molecule has 0 radical (unpaired) electrons. The van der Waals surface area contributed by atoms with Gasteiger partial charge in [-0.2, -0.15) is 4.31 Å². The van der Waals surface area contributed by atoms with Gasteiger partial charge in [-0.15, -0.1) is 0 Å². The minimum absolute atomic E-state index is 0.00641. The Morgan fingerprint density at radius 1 is 1.21 bits per heavy atom. The van der Waals surface area contributed by atoms with Crippen LogP contribution in [0.3, 0.4) is 0 Å². The zero-order valence-corrected chi connectivity index (χ0v) is 21.0. The fourth-order valence-corrected chi connectivity index (χ4v) is 5.97. The van der Waals surface area contributed by atoms with E-state index in [1.54, 1.807) is 19.1 Å². The first-order valence-corrected chi connectivity index (χ1v) is 13.0. The molecule has 0 saturated carbocycles. The third-order valence-electron chi connectivity index (χ3n) is 6.19. The van der Waals surface area contributed by atoms with Crippen LogP contribution in [-0.2, 0) is 24.2 Å². The van der Waals surface area contributed by atoms with Crippen molar-refractivity contribution in [2.45, 2.75) is 50.5 Å². The number of fused-ring (bicyclic) bond motifs is 1. The van der Waals surface area contributed by atoms with E-state index in [0.29, 0.717) is 18.9 Å². The Balaban J connectivity index is 1.65. The molecular formula is C23H36N2O8S. The number of alkyl carbamates (subject to hydrolysis) is 1. The van der Waals surface area contributed by atoms with Gasteiger partial charge in [0.1, 0.15) is 11.9 Å². The van der Waals surface area contributed by atoms with Crippen molar-refractivity contribution >= 4 is 16.1 Å². The van der Waals surface area contributed by atoms with Crippen molar-refractivity contribution in [1.29, 1.82) is 0 Å². The number of hydrogen-bond donors (Lipinski definition) is 2. The Labute approximate surface area is 201 Å². The van der Waals surface area contributed by atoms with Crippen LogP contribution in [0.15, 0.2) is 29.2 Å². The first-order valence-electron chi connectivity index (χ1n) is 11.6. The molecule has 3 rings (SSSR count). The number of carbonyl (C=O) groups excluding carboxylic acids is 1. The molecule has 2 fully saturated rings. The van der Waals surface area contributed by atoms with Gasteiger partial charge in [0.15, 0.2) is 6.29 Å². The summed E-state index contributed by atoms with van der Waals surface area (Å²) in [6.45, 7) is 6.55. The molecular weight excluding hydrogens is 464 g/mol. The molecule has 2 heterocycles. The van der Waals surface area contributed by atoms with E-state index in [0.717, 1.165) is 6.42 Å². The van der Waals surface area contributed by atoms with Crippen LogP contribution in [0.25, 0.3) is 0 Å². The Morgan fingerprint density at radius 3 is 2.53 bits per heavy atom. The average molecular weight is 501 g/mol. The number of sulfonamides is 1. The van der Waals surface area contributed by atoms with Gasteiger partial charge in [-0.3, -0.25) is 0 Å². The minimum Gasteiger partial charge on any atom is -0.497 e. The summed E-state index contributed by atoms with van der Waals surface area (Å²) in [4.78, 5) is 12.7. The lowest BCUT2D eigenvalue weighted by molar-refractivity contribution is -0.0907. The molecule has 0 unspecified atom stereocenters. The van der Waals surface area contributed by atoms with Gasteiger partial charge in [0.2, 0.25) is 10.0 Å². The van der Waals surface area contributed by atoms with Gasteiger partial charge in [-0.05, 0) is 42.5 Å². The number of benzene rings is 1. The molecule has 1 aromatic carbocycles. The van der Waals surface area contributed by atoms with Crippen molar-refractivity contribution in [3.63, 3.8) is 0 Å². The summed E-state index contributed by atoms with van der Waals surface area (Å²) in [6, 6.07) is 5.53. The van der Waals surface area contributed by atoms with E-state index in [2.05, 4.69) is 5.32 Å². The number of aliphatic hydroxyl groups is 1. The minimum atomic E-state index is -3.79. The van der Waals surface area contributed by atoms with Gasteiger partial charge in [0, 0.05) is 13.1 Å². The maximum atomic E-state index is 13.4. The van der Waals surface area contributed by atoms with Gasteiger partial charge in [-0.1, -0.05) is 20.8 Å². The Bertz CT molecular complexity index is 908. The largest absolute Gasteiger partial charge is 0.497 e. The zero-order valence-electron chi connectivity index (χ0n) is 20.2. The van der Waals surface area contributed by atoms with E-state index in [4.69, 9.17) is 18.9 Å². The molecule has 34 heavy (non-hydrogen) atoms. The normalized spacial score (nSPS) is 24.1. The van der Waals surface area contributed by atoms with E-state index in [9.17, 15) is 18.3 Å². The van der Waals surface area contributed by atoms with Crippen LogP contribution in [0.4, 0.5) is 4.79 Å². The number of rotatable bonds is 11. The van der Waals surface area contributed by atoms with Gasteiger partial charge in [0.05, 0.1) is 43.8 Å². The quantitative estimate of drug-likeness (QED) is 0.472. The molecule has 1 aromatic rings. The lowest BCUT2D eigenvalue weighted by Crippen LogP contribution is -2.48. The van der Waals surface area contributed by atoms with Crippen molar-refractivity contribution in [1.82, 2.24) is 9.62 Å². The Hall–Kier alpha value is -1.92. The number of aliphatic hydroxyl groups excluding tert-OH is 1. The number of hydrogen-bond acceptors (Lipinski definition) is 8. The summed E-state index contributed by atoms with van der Waals surface area (Å²) in [5.74, 6) is 0.266. The molecule has 5 atom stereocenters. The van der Waals surface area contributed by atoms with Crippen LogP contribution in [0.2, 0.25) is 0 Å². The van der Waals surface area contributed by atoms with Gasteiger partial charge in [0.25, 0.3) is 0 Å². The van der Waals surface area contributed by atoms with Gasteiger partial charge >= 0.3 is 6.09 Å². The summed E-state index contributed by atoms with van der Waals surface area (Å²) < 4.78 is 49.7. The molecule has 10 nitrogen and oxygen atoms in total. The van der Waals surface area contributed by atoms with Crippen LogP contribution in [0.5, 0.6) is 5.75 Å². The van der Waals surface area contributed by atoms with Gasteiger partial charge in [-0.25, -0.2) is 13.2 Å². The second-order valence-corrected chi connectivity index (χ2v) is 11.2. The van der Waals surface area contributed by atoms with E-state index >= 15 is 0 Å². The van der Waals surface area contributed by atoms with Crippen molar-refractivity contribution in [2.75, 3.05) is 40.0 Å². The standard InChI is InChI=1S/C23H36N2O8S/c1-15(2)11-25(34(28,29)18-7-5-17(30-4)6-8-18)12-16(3)20(13-26)24-23(27)33-21-14-32-22-19(21)9-10-31-22/h5-8,15-16,19-22,26H,9-14H2,1-4H3,(H,24,27)/t16-,19+,20+,21+,22-/m1/s1. The summed E-state index contributed by atoms with van der Waals surface area (Å²) in [7, 11) is -2.28. The fraction of sp³-hybridized carbons (Fsp3) is 0.696. The SMILES string of the molecule is COc1ccc(S(=O)(=O)N(CC(C)C)C[C@@H](C)[C@H](CO)NC(=O)O[C@H]2CO[C@H]3OCC[C@H]32)cc1. The highest BCUT2D eigenvalue weighted by atomic mass is 32.2. The molecule has 0 aliphatic carbocycles. The second kappa shape index (κ2) is 11.7. The highest BCUT2D eigenvalue weighted by Crippen LogP contribution is 2.33. The molecule has 2 aliphatic rings. The molecule has 2 N–H and O–H groups in total. The van der Waals surface area contributed by atoms with Crippen molar-refractivity contribution < 1.29 is 37.3 Å². The summed E-state index contributed by atoms with van der Waals surface area (Å²) >= 11 is 0. The van der Waals surface area contributed by atoms with Crippen LogP contribution < -0.4 is 10.1 Å². The molecule has 11 heteroatoms. The van der Waals surface area contributed by atoms with Crippen LogP contribution >= 0.6 is 0 Å². The zero-order chi connectivity index (χ0) is 24.9. The first kappa shape index (κ1) is 26.7. The third kappa shape index (κ3) is 6.39. The highest BCUT2D eigenvalue weighted by molar-refractivity contribution is 7.89. The fourth-order valence-electron chi connectivity index (χ4n) is 4.26. The van der Waals surface area contributed by atoms with E-state index < -0.39 is 28.3 Å². The van der Waals surface area contributed by atoms with Crippen molar-refractivity contribution in [2.24, 2.45) is 17.8 Å². The maximum absolute atomic E-state index is 13.4. The topological polar surface area (TPSA) is 124 Å².